The first-order valence-corrected chi connectivity index (χ1v) is 7.45. The monoisotopic (exact) mass is 304 g/mol. The zero-order valence-electron chi connectivity index (χ0n) is 11.1. The Morgan fingerprint density at radius 3 is 2.05 bits per heavy atom. The number of hydrogen-bond donors (Lipinski definition) is 0. The van der Waals surface area contributed by atoms with Gasteiger partial charge in [0, 0.05) is 5.56 Å². The van der Waals surface area contributed by atoms with Gasteiger partial charge in [0.1, 0.15) is 0 Å². The van der Waals surface area contributed by atoms with Crippen LogP contribution in [-0.4, -0.2) is 14.2 Å². The molecule has 0 fully saturated rings. The quantitative estimate of drug-likeness (QED) is 0.483. The second-order valence-corrected chi connectivity index (χ2v) is 6.01. The number of carbonyl (C=O) groups is 1. The summed E-state index contributed by atoms with van der Waals surface area (Å²) in [6, 6.07) is 13.1. The molecule has 0 radical (unpaired) electrons. The van der Waals surface area contributed by atoms with E-state index >= 15 is 0 Å². The Kier molecular flexibility index (Phi) is 4.13. The topological polar surface area (TPSA) is 83.9 Å². The van der Waals surface area contributed by atoms with Gasteiger partial charge in [-0.05, 0) is 43.3 Å². The molecule has 2 rings (SSSR count). The number of sulfonamides is 1. The molecule has 0 aliphatic rings. The van der Waals surface area contributed by atoms with Crippen LogP contribution in [0.4, 0.5) is 5.69 Å². The van der Waals surface area contributed by atoms with E-state index in [1.54, 1.807) is 18.2 Å². The second-order valence-electron chi connectivity index (χ2n) is 4.25. The lowest BCUT2D eigenvalue weighted by Gasteiger charge is -2.15. The predicted molar refractivity (Wildman–Crippen MR) is 78.3 cm³/mol. The molecular formula is C14H12N2O4S. The molecule has 0 saturated heterocycles. The van der Waals surface area contributed by atoms with Crippen LogP contribution in [0.1, 0.15) is 17.3 Å². The van der Waals surface area contributed by atoms with Crippen molar-refractivity contribution in [2.45, 2.75) is 11.8 Å². The van der Waals surface area contributed by atoms with Crippen LogP contribution < -0.4 is 4.41 Å². The summed E-state index contributed by atoms with van der Waals surface area (Å²) in [5, 5.41) is 2.59. The molecular weight excluding hydrogens is 292 g/mol. The summed E-state index contributed by atoms with van der Waals surface area (Å²) in [6.45, 7) is 1.39. The molecule has 0 amide bonds. The Morgan fingerprint density at radius 1 is 1.00 bits per heavy atom. The van der Waals surface area contributed by atoms with E-state index in [0.29, 0.717) is 9.98 Å². The lowest BCUT2D eigenvalue weighted by Crippen LogP contribution is -2.25. The van der Waals surface area contributed by atoms with Crippen molar-refractivity contribution in [3.63, 3.8) is 0 Å². The Hall–Kier alpha value is -2.54. The van der Waals surface area contributed by atoms with E-state index in [0.717, 1.165) is 0 Å². The van der Waals surface area contributed by atoms with Gasteiger partial charge in [-0.3, -0.25) is 4.79 Å². The van der Waals surface area contributed by atoms with Gasteiger partial charge in [-0.25, -0.2) is 0 Å². The summed E-state index contributed by atoms with van der Waals surface area (Å²) in [5.74, 6) is -0.155. The highest BCUT2D eigenvalue weighted by atomic mass is 32.2. The lowest BCUT2D eigenvalue weighted by molar-refractivity contribution is 0.101. The van der Waals surface area contributed by atoms with Gasteiger partial charge in [-0.1, -0.05) is 18.2 Å². The van der Waals surface area contributed by atoms with Gasteiger partial charge in [0.2, 0.25) is 0 Å². The fourth-order valence-electron chi connectivity index (χ4n) is 1.75. The molecule has 0 N–H and O–H groups in total. The fourth-order valence-corrected chi connectivity index (χ4v) is 2.93. The summed E-state index contributed by atoms with van der Waals surface area (Å²) < 4.78 is 25.1. The third kappa shape index (κ3) is 2.97. The standard InChI is InChI=1S/C14H12N2O4S/c1-11(17)12-7-9-13(10-8-12)16(15-18)21(19,20)14-5-3-2-4-6-14/h2-10H,1H3. The summed E-state index contributed by atoms with van der Waals surface area (Å²) in [5.41, 5.74) is 0.487. The number of anilines is 1. The van der Waals surface area contributed by atoms with E-state index < -0.39 is 10.0 Å². The van der Waals surface area contributed by atoms with Crippen LogP contribution in [0.3, 0.4) is 0 Å². The molecule has 0 heterocycles. The normalized spacial score (nSPS) is 10.9. The molecule has 6 nitrogen and oxygen atoms in total. The maximum absolute atomic E-state index is 12.3. The molecule has 0 unspecified atom stereocenters. The highest BCUT2D eigenvalue weighted by Gasteiger charge is 2.26. The largest absolute Gasteiger partial charge is 0.295 e. The summed E-state index contributed by atoms with van der Waals surface area (Å²) in [6.07, 6.45) is 0. The first-order valence-electron chi connectivity index (χ1n) is 6.01. The summed E-state index contributed by atoms with van der Waals surface area (Å²) in [7, 11) is -4.07. The van der Waals surface area contributed by atoms with Crippen LogP contribution in [0.25, 0.3) is 0 Å². The first-order chi connectivity index (χ1) is 9.96. The Bertz CT molecular complexity index is 755. The van der Waals surface area contributed by atoms with Crippen LogP contribution in [0.5, 0.6) is 0 Å². The van der Waals surface area contributed by atoms with Crippen molar-refractivity contribution in [1.82, 2.24) is 0 Å². The van der Waals surface area contributed by atoms with Crippen molar-refractivity contribution in [3.05, 3.63) is 65.1 Å². The van der Waals surface area contributed by atoms with Crippen LogP contribution in [-0.2, 0) is 10.0 Å². The van der Waals surface area contributed by atoms with Gasteiger partial charge in [-0.2, -0.15) is 8.42 Å². The number of ketones is 1. The number of carbonyl (C=O) groups excluding carboxylic acids is 1. The van der Waals surface area contributed by atoms with E-state index in [9.17, 15) is 18.1 Å². The highest BCUT2D eigenvalue weighted by Crippen LogP contribution is 2.24. The van der Waals surface area contributed by atoms with Gasteiger partial charge in [0.15, 0.2) is 5.78 Å². The fraction of sp³-hybridized carbons (Fsp3) is 0.0714. The van der Waals surface area contributed by atoms with Gasteiger partial charge in [0.05, 0.1) is 15.9 Å². The van der Waals surface area contributed by atoms with Crippen molar-refractivity contribution < 1.29 is 13.2 Å². The van der Waals surface area contributed by atoms with Gasteiger partial charge in [-0.15, -0.1) is 9.32 Å². The number of hydrogen-bond acceptors (Lipinski definition) is 5. The van der Waals surface area contributed by atoms with E-state index in [4.69, 9.17) is 0 Å². The Labute approximate surface area is 122 Å². The molecule has 7 heteroatoms. The van der Waals surface area contributed by atoms with Crippen LogP contribution in [0.15, 0.2) is 64.8 Å². The number of nitroso groups, excluding NO2 is 1. The van der Waals surface area contributed by atoms with Crippen molar-refractivity contribution in [2.24, 2.45) is 5.29 Å². The molecule has 0 aromatic heterocycles. The number of benzene rings is 2. The van der Waals surface area contributed by atoms with Gasteiger partial charge in [0.25, 0.3) is 10.0 Å². The number of nitrogens with zero attached hydrogens (tertiary/aromatic N) is 2. The molecule has 21 heavy (non-hydrogen) atoms. The predicted octanol–water partition coefficient (Wildman–Crippen LogP) is 2.77. The molecule has 0 aliphatic heterocycles. The SMILES string of the molecule is CC(=O)c1ccc(N(N=O)S(=O)(=O)c2ccccc2)cc1. The minimum Gasteiger partial charge on any atom is -0.295 e. The third-order valence-electron chi connectivity index (χ3n) is 2.84. The smallest absolute Gasteiger partial charge is 0.286 e. The van der Waals surface area contributed by atoms with E-state index in [1.165, 1.54) is 43.3 Å². The summed E-state index contributed by atoms with van der Waals surface area (Å²) >= 11 is 0. The van der Waals surface area contributed by atoms with Crippen molar-refractivity contribution in [3.8, 4) is 0 Å². The van der Waals surface area contributed by atoms with Crippen molar-refractivity contribution in [1.29, 1.82) is 0 Å². The van der Waals surface area contributed by atoms with Crippen LogP contribution >= 0.6 is 0 Å². The van der Waals surface area contributed by atoms with Crippen molar-refractivity contribution >= 4 is 21.5 Å². The molecule has 0 saturated carbocycles. The zero-order valence-corrected chi connectivity index (χ0v) is 11.9. The Morgan fingerprint density at radius 2 is 1.57 bits per heavy atom. The number of Topliss-reactive ketones (excluding diaryl/α,β-unsaturated/α-hetero) is 1. The van der Waals surface area contributed by atoms with Crippen LogP contribution in [0.2, 0.25) is 0 Å². The average molecular weight is 304 g/mol. The Balaban J connectivity index is 2.44. The molecule has 108 valence electrons. The minimum atomic E-state index is -4.07. The zero-order chi connectivity index (χ0) is 15.5. The van der Waals surface area contributed by atoms with Crippen LogP contribution in [0, 0.1) is 4.91 Å². The average Bonchev–Trinajstić information content (AvgIpc) is 2.49. The molecule has 0 bridgehead atoms. The first kappa shape index (κ1) is 14.9. The van der Waals surface area contributed by atoms with E-state index in [1.807, 2.05) is 0 Å². The van der Waals surface area contributed by atoms with Crippen molar-refractivity contribution in [2.75, 3.05) is 4.41 Å². The maximum atomic E-state index is 12.3. The third-order valence-corrected chi connectivity index (χ3v) is 4.44. The highest BCUT2D eigenvalue weighted by molar-refractivity contribution is 7.92. The molecule has 2 aromatic carbocycles. The molecule has 0 aliphatic carbocycles. The van der Waals surface area contributed by atoms with Gasteiger partial charge < -0.3 is 0 Å². The lowest BCUT2D eigenvalue weighted by atomic mass is 10.1. The second kappa shape index (κ2) is 5.84. The molecule has 0 spiro atoms. The van der Waals surface area contributed by atoms with Gasteiger partial charge >= 0.3 is 0 Å². The maximum Gasteiger partial charge on any atom is 0.286 e. The van der Waals surface area contributed by atoms with E-state index in [2.05, 4.69) is 5.29 Å². The number of rotatable bonds is 5. The minimum absolute atomic E-state index is 0.0414. The molecule has 2 aromatic rings. The van der Waals surface area contributed by atoms with E-state index in [-0.39, 0.29) is 16.4 Å². The molecule has 0 atom stereocenters. The summed E-state index contributed by atoms with van der Waals surface area (Å²) in [4.78, 5) is 22.1.